The summed E-state index contributed by atoms with van der Waals surface area (Å²) < 4.78 is 5.84. The highest BCUT2D eigenvalue weighted by Crippen LogP contribution is 2.33. The van der Waals surface area contributed by atoms with Gasteiger partial charge in [0.15, 0.2) is 0 Å². The van der Waals surface area contributed by atoms with Gasteiger partial charge < -0.3 is 10.1 Å². The Bertz CT molecular complexity index is 384. The Morgan fingerprint density at radius 3 is 2.53 bits per heavy atom. The summed E-state index contributed by atoms with van der Waals surface area (Å²) in [6.45, 7) is 7.90. The lowest BCUT2D eigenvalue weighted by atomic mass is 9.99. The van der Waals surface area contributed by atoms with Crippen LogP contribution in [-0.4, -0.2) is 19.3 Å². The summed E-state index contributed by atoms with van der Waals surface area (Å²) in [6, 6.07) is 5.84. The molecule has 0 radical (unpaired) electrons. The Morgan fingerprint density at radius 2 is 1.95 bits per heavy atom. The van der Waals surface area contributed by atoms with Crippen molar-refractivity contribution < 1.29 is 4.74 Å². The van der Waals surface area contributed by atoms with Gasteiger partial charge in [0.2, 0.25) is 0 Å². The monoisotopic (exact) mass is 303 g/mol. The van der Waals surface area contributed by atoms with Crippen LogP contribution in [0, 0.1) is 0 Å². The summed E-state index contributed by atoms with van der Waals surface area (Å²) in [7, 11) is 0. The van der Waals surface area contributed by atoms with E-state index in [0.717, 1.165) is 24.9 Å². The van der Waals surface area contributed by atoms with Crippen molar-refractivity contribution in [2.75, 3.05) is 13.2 Å². The number of hydrogen-bond donors (Lipinski definition) is 1. The van der Waals surface area contributed by atoms with Gasteiger partial charge in [-0.15, -0.1) is 0 Å². The standard InChI is InChI=1S/C15H23Cl2NO/c1-4-10-18-15(13(5-2)19-6-3)11-8-7-9-12(16)14(11)17/h7-9,13,15,18H,4-6,10H2,1-3H3. The van der Waals surface area contributed by atoms with Crippen molar-refractivity contribution in [2.45, 2.75) is 45.8 Å². The number of rotatable bonds is 8. The zero-order valence-electron chi connectivity index (χ0n) is 11.9. The second-order valence-corrected chi connectivity index (χ2v) is 5.26. The van der Waals surface area contributed by atoms with Crippen LogP contribution in [-0.2, 0) is 4.74 Å². The molecule has 0 aromatic heterocycles. The zero-order chi connectivity index (χ0) is 14.3. The second-order valence-electron chi connectivity index (χ2n) is 4.48. The fourth-order valence-electron chi connectivity index (χ4n) is 2.17. The summed E-state index contributed by atoms with van der Waals surface area (Å²) in [5, 5.41) is 4.73. The van der Waals surface area contributed by atoms with E-state index in [1.54, 1.807) is 0 Å². The highest BCUT2D eigenvalue weighted by Gasteiger charge is 2.24. The van der Waals surface area contributed by atoms with E-state index in [9.17, 15) is 0 Å². The average Bonchev–Trinajstić information content (AvgIpc) is 2.42. The molecular weight excluding hydrogens is 281 g/mol. The van der Waals surface area contributed by atoms with Gasteiger partial charge in [-0.2, -0.15) is 0 Å². The Kier molecular flexibility index (Phi) is 7.77. The van der Waals surface area contributed by atoms with Crippen molar-refractivity contribution in [3.63, 3.8) is 0 Å². The molecule has 0 spiro atoms. The lowest BCUT2D eigenvalue weighted by molar-refractivity contribution is 0.0314. The van der Waals surface area contributed by atoms with Gasteiger partial charge in [-0.25, -0.2) is 0 Å². The Hall–Kier alpha value is -0.280. The summed E-state index contributed by atoms with van der Waals surface area (Å²) in [6.07, 6.45) is 2.10. The number of halogens is 2. The largest absolute Gasteiger partial charge is 0.377 e. The van der Waals surface area contributed by atoms with Gasteiger partial charge in [-0.1, -0.05) is 49.2 Å². The van der Waals surface area contributed by atoms with Crippen molar-refractivity contribution in [1.29, 1.82) is 0 Å². The average molecular weight is 304 g/mol. The third kappa shape index (κ3) is 4.64. The Balaban J connectivity index is 3.03. The maximum Gasteiger partial charge on any atom is 0.0767 e. The van der Waals surface area contributed by atoms with Crippen LogP contribution in [0.15, 0.2) is 18.2 Å². The van der Waals surface area contributed by atoms with Gasteiger partial charge in [0.05, 0.1) is 22.2 Å². The maximum atomic E-state index is 6.34. The van der Waals surface area contributed by atoms with Crippen molar-refractivity contribution in [2.24, 2.45) is 0 Å². The first-order valence-corrected chi connectivity index (χ1v) is 7.70. The van der Waals surface area contributed by atoms with Gasteiger partial charge in [0, 0.05) is 6.61 Å². The van der Waals surface area contributed by atoms with E-state index >= 15 is 0 Å². The van der Waals surface area contributed by atoms with Crippen LogP contribution in [0.25, 0.3) is 0 Å². The Morgan fingerprint density at radius 1 is 1.21 bits per heavy atom. The van der Waals surface area contributed by atoms with Crippen LogP contribution in [0.5, 0.6) is 0 Å². The summed E-state index contributed by atoms with van der Waals surface area (Å²) >= 11 is 12.5. The SMILES string of the molecule is CCCNC(c1cccc(Cl)c1Cl)C(CC)OCC. The van der Waals surface area contributed by atoms with E-state index in [4.69, 9.17) is 27.9 Å². The lowest BCUT2D eigenvalue weighted by Gasteiger charge is -2.28. The minimum absolute atomic E-state index is 0.0797. The molecule has 0 saturated carbocycles. The molecule has 0 bridgehead atoms. The number of ether oxygens (including phenoxy) is 1. The molecule has 0 fully saturated rings. The second kappa shape index (κ2) is 8.80. The molecule has 4 heteroatoms. The highest BCUT2D eigenvalue weighted by atomic mass is 35.5. The summed E-state index contributed by atoms with van der Waals surface area (Å²) in [5.74, 6) is 0. The van der Waals surface area contributed by atoms with Crippen molar-refractivity contribution in [3.05, 3.63) is 33.8 Å². The molecule has 0 saturated heterocycles. The van der Waals surface area contributed by atoms with E-state index in [0.29, 0.717) is 16.7 Å². The smallest absolute Gasteiger partial charge is 0.0767 e. The molecule has 0 aliphatic heterocycles. The molecule has 2 atom stereocenters. The fraction of sp³-hybridized carbons (Fsp3) is 0.600. The number of nitrogens with one attached hydrogen (secondary N) is 1. The molecule has 1 aromatic rings. The molecule has 2 unspecified atom stereocenters. The topological polar surface area (TPSA) is 21.3 Å². The molecule has 1 N–H and O–H groups in total. The van der Waals surface area contributed by atoms with Crippen LogP contribution in [0.2, 0.25) is 10.0 Å². The van der Waals surface area contributed by atoms with E-state index < -0.39 is 0 Å². The van der Waals surface area contributed by atoms with Crippen LogP contribution >= 0.6 is 23.2 Å². The molecule has 2 nitrogen and oxygen atoms in total. The predicted molar refractivity (Wildman–Crippen MR) is 83.2 cm³/mol. The maximum absolute atomic E-state index is 6.34. The van der Waals surface area contributed by atoms with Crippen LogP contribution in [0.4, 0.5) is 0 Å². The van der Waals surface area contributed by atoms with Crippen LogP contribution in [0.3, 0.4) is 0 Å². The minimum atomic E-state index is 0.0797. The minimum Gasteiger partial charge on any atom is -0.377 e. The predicted octanol–water partition coefficient (Wildman–Crippen LogP) is 4.85. The Labute approximate surface area is 126 Å². The highest BCUT2D eigenvalue weighted by molar-refractivity contribution is 6.42. The van der Waals surface area contributed by atoms with Gasteiger partial charge in [0.1, 0.15) is 0 Å². The van der Waals surface area contributed by atoms with E-state index in [2.05, 4.69) is 19.2 Å². The van der Waals surface area contributed by atoms with E-state index in [-0.39, 0.29) is 12.1 Å². The summed E-state index contributed by atoms with van der Waals surface area (Å²) in [4.78, 5) is 0. The van der Waals surface area contributed by atoms with Gasteiger partial charge in [0.25, 0.3) is 0 Å². The van der Waals surface area contributed by atoms with Gasteiger partial charge in [-0.3, -0.25) is 0 Å². The normalized spacial score (nSPS) is 14.4. The molecule has 0 amide bonds. The molecule has 0 aliphatic carbocycles. The fourth-order valence-corrected chi connectivity index (χ4v) is 2.59. The van der Waals surface area contributed by atoms with Crippen molar-refractivity contribution in [3.8, 4) is 0 Å². The third-order valence-corrected chi connectivity index (χ3v) is 3.92. The zero-order valence-corrected chi connectivity index (χ0v) is 13.4. The lowest BCUT2D eigenvalue weighted by Crippen LogP contribution is -2.34. The first kappa shape index (κ1) is 16.8. The molecular formula is C15H23Cl2NO. The molecule has 0 heterocycles. The quantitative estimate of drug-likeness (QED) is 0.741. The third-order valence-electron chi connectivity index (χ3n) is 3.09. The van der Waals surface area contributed by atoms with Gasteiger partial charge in [-0.05, 0) is 37.9 Å². The van der Waals surface area contributed by atoms with E-state index in [1.807, 2.05) is 25.1 Å². The molecule has 1 aromatic carbocycles. The molecule has 0 aliphatic rings. The van der Waals surface area contributed by atoms with Crippen molar-refractivity contribution in [1.82, 2.24) is 5.32 Å². The number of hydrogen-bond acceptors (Lipinski definition) is 2. The van der Waals surface area contributed by atoms with Gasteiger partial charge >= 0.3 is 0 Å². The molecule has 1 rings (SSSR count). The first-order valence-electron chi connectivity index (χ1n) is 6.94. The molecule has 108 valence electrons. The van der Waals surface area contributed by atoms with Crippen LogP contribution in [0.1, 0.15) is 45.2 Å². The summed E-state index contributed by atoms with van der Waals surface area (Å²) in [5.41, 5.74) is 1.02. The number of benzene rings is 1. The van der Waals surface area contributed by atoms with Crippen LogP contribution < -0.4 is 5.32 Å². The molecule has 19 heavy (non-hydrogen) atoms. The first-order chi connectivity index (χ1) is 9.15. The van der Waals surface area contributed by atoms with E-state index in [1.165, 1.54) is 0 Å². The van der Waals surface area contributed by atoms with Crippen molar-refractivity contribution >= 4 is 23.2 Å².